The molecule has 0 aromatic heterocycles. The van der Waals surface area contributed by atoms with E-state index in [1.165, 1.54) is 7.05 Å². The van der Waals surface area contributed by atoms with E-state index in [9.17, 15) is 15.0 Å². The second-order valence-corrected chi connectivity index (χ2v) is 3.42. The molecule has 0 saturated carbocycles. The van der Waals surface area contributed by atoms with Gasteiger partial charge in [0.25, 0.3) is 0 Å². The van der Waals surface area contributed by atoms with E-state index >= 15 is 0 Å². The zero-order valence-electron chi connectivity index (χ0n) is 7.97. The summed E-state index contributed by atoms with van der Waals surface area (Å²) >= 11 is 0. The smallest absolute Gasteiger partial charge is 0.221 e. The Balaban J connectivity index is 2.52. The lowest BCUT2D eigenvalue weighted by Gasteiger charge is -2.14. The first kappa shape index (κ1) is 11.4. The molecule has 1 saturated heterocycles. The zero-order valence-corrected chi connectivity index (χ0v) is 7.97. The Kier molecular flexibility index (Phi) is 3.82. The number of hydrogen-bond donors (Lipinski definition) is 5. The van der Waals surface area contributed by atoms with Crippen molar-refractivity contribution in [2.75, 3.05) is 13.7 Å². The molecule has 0 aliphatic carbocycles. The van der Waals surface area contributed by atoms with Gasteiger partial charge in [-0.1, -0.05) is 0 Å². The van der Waals surface area contributed by atoms with Crippen molar-refractivity contribution in [2.45, 2.75) is 30.7 Å². The van der Waals surface area contributed by atoms with Gasteiger partial charge in [0.15, 0.2) is 0 Å². The van der Waals surface area contributed by atoms with E-state index < -0.39 is 24.3 Å². The highest BCUT2D eigenvalue weighted by Crippen LogP contribution is 2.16. The summed E-state index contributed by atoms with van der Waals surface area (Å²) in [6.45, 7) is -0.261. The summed E-state index contributed by atoms with van der Waals surface area (Å²) in [5, 5.41) is 33.0. The maximum Gasteiger partial charge on any atom is 0.221 e. The molecule has 0 aromatic rings. The van der Waals surface area contributed by atoms with E-state index in [1.54, 1.807) is 0 Å². The molecule has 0 aromatic carbocycles. The van der Waals surface area contributed by atoms with Crippen molar-refractivity contribution in [1.82, 2.24) is 10.6 Å². The lowest BCUT2D eigenvalue weighted by Crippen LogP contribution is -2.38. The lowest BCUT2D eigenvalue weighted by atomic mass is 10.1. The zero-order chi connectivity index (χ0) is 10.7. The Morgan fingerprint density at radius 2 is 1.93 bits per heavy atom. The Labute approximate surface area is 81.9 Å². The summed E-state index contributed by atoms with van der Waals surface area (Å²) in [5.74, 6) is -0.215. The van der Waals surface area contributed by atoms with E-state index in [-0.39, 0.29) is 18.9 Å². The van der Waals surface area contributed by atoms with Crippen molar-refractivity contribution in [2.24, 2.45) is 0 Å². The molecule has 1 rings (SSSR count). The molecule has 1 aliphatic rings. The van der Waals surface area contributed by atoms with Crippen LogP contribution < -0.4 is 10.6 Å². The van der Waals surface area contributed by atoms with E-state index in [0.717, 1.165) is 0 Å². The summed E-state index contributed by atoms with van der Waals surface area (Å²) in [5.41, 5.74) is 0. The highest BCUT2D eigenvalue weighted by atomic mass is 16.3. The highest BCUT2D eigenvalue weighted by molar-refractivity contribution is 5.76. The van der Waals surface area contributed by atoms with Gasteiger partial charge in [-0.3, -0.25) is 4.79 Å². The second-order valence-electron chi connectivity index (χ2n) is 3.42. The first-order valence-corrected chi connectivity index (χ1v) is 4.53. The number of nitrogens with one attached hydrogen (secondary N) is 2. The minimum atomic E-state index is -1.02. The van der Waals surface area contributed by atoms with Crippen molar-refractivity contribution >= 4 is 5.91 Å². The first-order chi connectivity index (χ1) is 6.60. The van der Waals surface area contributed by atoms with Gasteiger partial charge in [-0.15, -0.1) is 0 Å². The van der Waals surface area contributed by atoms with Crippen LogP contribution in [0.3, 0.4) is 0 Å². The fraction of sp³-hybridized carbons (Fsp3) is 0.875. The molecule has 6 heteroatoms. The molecule has 82 valence electrons. The van der Waals surface area contributed by atoms with Crippen LogP contribution in [0.1, 0.15) is 6.42 Å². The van der Waals surface area contributed by atoms with Crippen molar-refractivity contribution in [1.29, 1.82) is 0 Å². The Morgan fingerprint density at radius 1 is 1.36 bits per heavy atom. The van der Waals surface area contributed by atoms with E-state index in [4.69, 9.17) is 5.11 Å². The minimum Gasteiger partial charge on any atom is -0.395 e. The average Bonchev–Trinajstić information content (AvgIpc) is 2.45. The van der Waals surface area contributed by atoms with Crippen LogP contribution in [0.5, 0.6) is 0 Å². The van der Waals surface area contributed by atoms with Gasteiger partial charge in [0, 0.05) is 19.5 Å². The fourth-order valence-electron chi connectivity index (χ4n) is 1.59. The maximum absolute atomic E-state index is 11.0. The molecular formula is C8H16N2O4. The van der Waals surface area contributed by atoms with Crippen molar-refractivity contribution in [3.63, 3.8) is 0 Å². The third-order valence-electron chi connectivity index (χ3n) is 2.48. The topological polar surface area (TPSA) is 102 Å². The van der Waals surface area contributed by atoms with Crippen LogP contribution in [0.15, 0.2) is 0 Å². The van der Waals surface area contributed by atoms with Crippen molar-refractivity contribution in [3.8, 4) is 0 Å². The third kappa shape index (κ3) is 2.21. The van der Waals surface area contributed by atoms with Gasteiger partial charge in [0.2, 0.25) is 5.91 Å². The van der Waals surface area contributed by atoms with Gasteiger partial charge >= 0.3 is 0 Å². The fourth-order valence-corrected chi connectivity index (χ4v) is 1.59. The molecule has 0 radical (unpaired) electrons. The van der Waals surface area contributed by atoms with Gasteiger partial charge in [-0.2, -0.15) is 0 Å². The molecule has 1 aliphatic heterocycles. The van der Waals surface area contributed by atoms with Gasteiger partial charge in [-0.25, -0.2) is 0 Å². The summed E-state index contributed by atoms with van der Waals surface area (Å²) < 4.78 is 0. The van der Waals surface area contributed by atoms with Crippen LogP contribution in [-0.2, 0) is 4.79 Å². The molecule has 4 atom stereocenters. The third-order valence-corrected chi connectivity index (χ3v) is 2.48. The predicted octanol–water partition coefficient (Wildman–Crippen LogP) is -2.82. The summed E-state index contributed by atoms with van der Waals surface area (Å²) in [6.07, 6.45) is -1.94. The van der Waals surface area contributed by atoms with Crippen LogP contribution >= 0.6 is 0 Å². The number of hydrogen-bond acceptors (Lipinski definition) is 5. The van der Waals surface area contributed by atoms with Crippen LogP contribution in [0.25, 0.3) is 0 Å². The maximum atomic E-state index is 11.0. The molecular weight excluding hydrogens is 188 g/mol. The molecule has 1 fully saturated rings. The Hall–Kier alpha value is -0.690. The minimum absolute atomic E-state index is 0.0885. The quantitative estimate of drug-likeness (QED) is 0.341. The van der Waals surface area contributed by atoms with Crippen LogP contribution in [0.4, 0.5) is 0 Å². The van der Waals surface area contributed by atoms with Crippen molar-refractivity contribution < 1.29 is 20.1 Å². The molecule has 0 bridgehead atoms. The number of aliphatic hydroxyl groups excluding tert-OH is 3. The van der Waals surface area contributed by atoms with Crippen LogP contribution in [0.2, 0.25) is 0 Å². The highest BCUT2D eigenvalue weighted by Gasteiger charge is 2.41. The average molecular weight is 204 g/mol. The standard InChI is InChI=1S/C8H16N2O4/c1-9-6(12)2-4-7(13)8(14)5(3-11)10-4/h4-5,7-8,10-11,13-14H,2-3H2,1H3,(H,9,12)/t4-,5-,7-,8+/m1/s1. The number of aliphatic hydroxyl groups is 3. The van der Waals surface area contributed by atoms with E-state index in [2.05, 4.69) is 10.6 Å². The number of carbonyl (C=O) groups excluding carboxylic acids is 1. The predicted molar refractivity (Wildman–Crippen MR) is 48.5 cm³/mol. The first-order valence-electron chi connectivity index (χ1n) is 4.53. The SMILES string of the molecule is CNC(=O)C[C@H]1N[C@H](CO)[C@H](O)[C@@H]1O. The molecule has 1 heterocycles. The van der Waals surface area contributed by atoms with E-state index in [1.807, 2.05) is 0 Å². The lowest BCUT2D eigenvalue weighted by molar-refractivity contribution is -0.121. The summed E-state index contributed by atoms with van der Waals surface area (Å²) in [4.78, 5) is 11.0. The molecule has 14 heavy (non-hydrogen) atoms. The molecule has 6 nitrogen and oxygen atoms in total. The summed E-state index contributed by atoms with van der Waals surface area (Å²) in [7, 11) is 1.50. The second kappa shape index (κ2) is 4.70. The molecule has 0 spiro atoms. The number of carbonyl (C=O) groups is 1. The van der Waals surface area contributed by atoms with Gasteiger partial charge < -0.3 is 26.0 Å². The number of amides is 1. The van der Waals surface area contributed by atoms with Gasteiger partial charge in [0.1, 0.15) is 0 Å². The Bertz CT molecular complexity index is 212. The normalized spacial score (nSPS) is 37.1. The Morgan fingerprint density at radius 3 is 2.36 bits per heavy atom. The van der Waals surface area contributed by atoms with Crippen molar-refractivity contribution in [3.05, 3.63) is 0 Å². The molecule has 1 amide bonds. The van der Waals surface area contributed by atoms with E-state index in [0.29, 0.717) is 0 Å². The number of rotatable bonds is 3. The van der Waals surface area contributed by atoms with Crippen LogP contribution in [-0.4, -0.2) is 59.2 Å². The molecule has 5 N–H and O–H groups in total. The largest absolute Gasteiger partial charge is 0.395 e. The van der Waals surface area contributed by atoms with Gasteiger partial charge in [-0.05, 0) is 0 Å². The monoisotopic (exact) mass is 204 g/mol. The van der Waals surface area contributed by atoms with Gasteiger partial charge in [0.05, 0.1) is 24.9 Å². The molecule has 0 unspecified atom stereocenters. The van der Waals surface area contributed by atoms with Crippen LogP contribution in [0, 0.1) is 0 Å². The summed E-state index contributed by atoms with van der Waals surface area (Å²) in [6, 6.07) is -1.05.